The Morgan fingerprint density at radius 3 is 2.71 bits per heavy atom. The molecule has 1 aliphatic rings. The molecule has 3 heterocycles. The van der Waals surface area contributed by atoms with E-state index >= 15 is 0 Å². The molecule has 2 aromatic heterocycles. The van der Waals surface area contributed by atoms with Crippen LogP contribution in [-0.4, -0.2) is 63.1 Å². The minimum absolute atomic E-state index is 0.252. The molecule has 1 aliphatic heterocycles. The minimum atomic E-state index is -0.252. The molecule has 0 amide bonds. The van der Waals surface area contributed by atoms with E-state index in [1.807, 2.05) is 35.0 Å². The van der Waals surface area contributed by atoms with Crippen LogP contribution in [0.3, 0.4) is 0 Å². The van der Waals surface area contributed by atoms with Gasteiger partial charge in [-0.05, 0) is 25.0 Å². The van der Waals surface area contributed by atoms with Crippen LogP contribution in [-0.2, 0) is 6.54 Å². The Hall–Kier alpha value is -1.40. The number of β-amino-alcohol motifs (C(OH)–C–C–N with tert-alkyl or cyclic N) is 1. The standard InChI is InChI=1S/C18H25ClN4O/c1-2-3-4-17(24)14-22-9-7-21(8-10-22)12-16-13-23-11-15(19)5-6-18(23)20-16/h2,5-6,11,13,17,24H,1,3-4,7-10,12,14H2. The number of aromatic nitrogens is 2. The molecule has 130 valence electrons. The molecule has 0 aliphatic carbocycles. The van der Waals surface area contributed by atoms with Crippen molar-refractivity contribution in [1.82, 2.24) is 19.2 Å². The smallest absolute Gasteiger partial charge is 0.137 e. The van der Waals surface area contributed by atoms with Crippen LogP contribution >= 0.6 is 11.6 Å². The van der Waals surface area contributed by atoms with Gasteiger partial charge in [0.15, 0.2) is 0 Å². The molecule has 5 nitrogen and oxygen atoms in total. The van der Waals surface area contributed by atoms with Crippen LogP contribution < -0.4 is 0 Å². The predicted octanol–water partition coefficient (Wildman–Crippen LogP) is 2.43. The first-order chi connectivity index (χ1) is 11.6. The normalized spacial score (nSPS) is 18.1. The van der Waals surface area contributed by atoms with Gasteiger partial charge in [-0.1, -0.05) is 17.7 Å². The van der Waals surface area contributed by atoms with Gasteiger partial charge in [0.05, 0.1) is 16.8 Å². The van der Waals surface area contributed by atoms with Crippen molar-refractivity contribution in [2.75, 3.05) is 32.7 Å². The van der Waals surface area contributed by atoms with E-state index in [1.165, 1.54) is 0 Å². The van der Waals surface area contributed by atoms with Crippen LogP contribution in [0.15, 0.2) is 37.2 Å². The Morgan fingerprint density at radius 1 is 1.21 bits per heavy atom. The summed E-state index contributed by atoms with van der Waals surface area (Å²) in [5.41, 5.74) is 2.00. The summed E-state index contributed by atoms with van der Waals surface area (Å²) in [4.78, 5) is 9.40. The molecule has 1 unspecified atom stereocenters. The second-order valence-electron chi connectivity index (χ2n) is 6.44. The lowest BCUT2D eigenvalue weighted by molar-refractivity contribution is 0.0666. The van der Waals surface area contributed by atoms with Crippen LogP contribution in [0.2, 0.25) is 5.02 Å². The van der Waals surface area contributed by atoms with Gasteiger partial charge in [0.25, 0.3) is 0 Å². The van der Waals surface area contributed by atoms with Crippen molar-refractivity contribution in [3.05, 3.63) is 47.9 Å². The first kappa shape index (κ1) is 17.4. The molecule has 1 saturated heterocycles. The number of piperazine rings is 1. The molecule has 1 N–H and O–H groups in total. The van der Waals surface area contributed by atoms with Gasteiger partial charge in [-0.25, -0.2) is 4.98 Å². The zero-order chi connectivity index (χ0) is 16.9. The number of pyridine rings is 1. The second-order valence-corrected chi connectivity index (χ2v) is 6.88. The highest BCUT2D eigenvalue weighted by Crippen LogP contribution is 2.14. The van der Waals surface area contributed by atoms with Gasteiger partial charge in [0.2, 0.25) is 0 Å². The summed E-state index contributed by atoms with van der Waals surface area (Å²) in [5, 5.41) is 10.7. The Balaban J connectivity index is 1.48. The number of halogens is 1. The van der Waals surface area contributed by atoms with Crippen molar-refractivity contribution in [3.63, 3.8) is 0 Å². The van der Waals surface area contributed by atoms with Crippen molar-refractivity contribution >= 4 is 17.2 Å². The number of hydrogen-bond donors (Lipinski definition) is 1. The van der Waals surface area contributed by atoms with E-state index in [4.69, 9.17) is 11.6 Å². The summed E-state index contributed by atoms with van der Waals surface area (Å²) < 4.78 is 1.98. The molecule has 0 radical (unpaired) electrons. The van der Waals surface area contributed by atoms with Crippen LogP contribution in [0.25, 0.3) is 5.65 Å². The molecule has 0 spiro atoms. The van der Waals surface area contributed by atoms with Crippen molar-refractivity contribution in [3.8, 4) is 0 Å². The van der Waals surface area contributed by atoms with Crippen molar-refractivity contribution in [1.29, 1.82) is 0 Å². The molecule has 6 heteroatoms. The highest BCUT2D eigenvalue weighted by atomic mass is 35.5. The summed E-state index contributed by atoms with van der Waals surface area (Å²) in [6.45, 7) is 9.30. The zero-order valence-electron chi connectivity index (χ0n) is 13.9. The maximum atomic E-state index is 10.0. The van der Waals surface area contributed by atoms with Crippen LogP contribution in [0.1, 0.15) is 18.5 Å². The monoisotopic (exact) mass is 348 g/mol. The molecule has 0 aromatic carbocycles. The van der Waals surface area contributed by atoms with E-state index < -0.39 is 0 Å². The van der Waals surface area contributed by atoms with E-state index in [2.05, 4.69) is 21.4 Å². The fourth-order valence-electron chi connectivity index (χ4n) is 3.15. The van der Waals surface area contributed by atoms with E-state index in [1.54, 1.807) is 0 Å². The third-order valence-electron chi connectivity index (χ3n) is 4.49. The van der Waals surface area contributed by atoms with Gasteiger partial charge in [-0.3, -0.25) is 9.80 Å². The lowest BCUT2D eigenvalue weighted by Crippen LogP contribution is -2.48. The molecule has 2 aromatic rings. The minimum Gasteiger partial charge on any atom is -0.392 e. The van der Waals surface area contributed by atoms with Crippen molar-refractivity contribution in [2.45, 2.75) is 25.5 Å². The Labute approximate surface area is 148 Å². The van der Waals surface area contributed by atoms with Crippen molar-refractivity contribution in [2.24, 2.45) is 0 Å². The Kier molecular flexibility index (Phi) is 5.89. The molecule has 3 rings (SSSR count). The lowest BCUT2D eigenvalue weighted by atomic mass is 10.1. The molecule has 0 bridgehead atoms. The quantitative estimate of drug-likeness (QED) is 0.780. The maximum absolute atomic E-state index is 10.0. The highest BCUT2D eigenvalue weighted by molar-refractivity contribution is 6.30. The molecule has 1 fully saturated rings. The van der Waals surface area contributed by atoms with Gasteiger partial charge in [0.1, 0.15) is 5.65 Å². The third-order valence-corrected chi connectivity index (χ3v) is 4.71. The molecule has 24 heavy (non-hydrogen) atoms. The summed E-state index contributed by atoms with van der Waals surface area (Å²) in [7, 11) is 0. The number of aliphatic hydroxyl groups is 1. The fraction of sp³-hybridized carbons (Fsp3) is 0.500. The first-order valence-corrected chi connectivity index (χ1v) is 8.88. The molecular formula is C18H25ClN4O. The fourth-order valence-corrected chi connectivity index (χ4v) is 3.32. The molecule has 1 atom stereocenters. The predicted molar refractivity (Wildman–Crippen MR) is 97.4 cm³/mol. The average Bonchev–Trinajstić information content (AvgIpc) is 2.96. The summed E-state index contributed by atoms with van der Waals surface area (Å²) in [6, 6.07) is 3.80. The highest BCUT2D eigenvalue weighted by Gasteiger charge is 2.19. The summed E-state index contributed by atoms with van der Waals surface area (Å²) in [6.07, 6.45) is 7.22. The maximum Gasteiger partial charge on any atom is 0.137 e. The van der Waals surface area contributed by atoms with Crippen LogP contribution in [0.5, 0.6) is 0 Å². The Bertz CT molecular complexity index is 679. The van der Waals surface area contributed by atoms with Gasteiger partial charge in [-0.2, -0.15) is 0 Å². The number of fused-ring (bicyclic) bond motifs is 1. The van der Waals surface area contributed by atoms with Gasteiger partial charge in [-0.15, -0.1) is 6.58 Å². The lowest BCUT2D eigenvalue weighted by Gasteiger charge is -2.35. The number of imidazole rings is 1. The zero-order valence-corrected chi connectivity index (χ0v) is 14.7. The SMILES string of the molecule is C=CCCC(O)CN1CCN(Cc2cn3cc(Cl)ccc3n2)CC1. The summed E-state index contributed by atoms with van der Waals surface area (Å²) in [5.74, 6) is 0. The number of nitrogens with zero attached hydrogens (tertiary/aromatic N) is 4. The number of aliphatic hydroxyl groups excluding tert-OH is 1. The average molecular weight is 349 g/mol. The Morgan fingerprint density at radius 2 is 1.96 bits per heavy atom. The summed E-state index contributed by atoms with van der Waals surface area (Å²) >= 11 is 6.02. The van der Waals surface area contributed by atoms with Gasteiger partial charge in [0, 0.05) is 51.7 Å². The van der Waals surface area contributed by atoms with E-state index in [0.29, 0.717) is 0 Å². The number of hydrogen-bond acceptors (Lipinski definition) is 4. The third kappa shape index (κ3) is 4.57. The molecule has 0 saturated carbocycles. The van der Waals surface area contributed by atoms with Crippen LogP contribution in [0.4, 0.5) is 0 Å². The van der Waals surface area contributed by atoms with Gasteiger partial charge >= 0.3 is 0 Å². The van der Waals surface area contributed by atoms with Crippen molar-refractivity contribution < 1.29 is 5.11 Å². The molecular weight excluding hydrogens is 324 g/mol. The van der Waals surface area contributed by atoms with Crippen LogP contribution in [0, 0.1) is 0 Å². The number of rotatable bonds is 7. The van der Waals surface area contributed by atoms with E-state index in [0.717, 1.165) is 68.5 Å². The van der Waals surface area contributed by atoms with Gasteiger partial charge < -0.3 is 9.51 Å². The second kappa shape index (κ2) is 8.12. The van der Waals surface area contributed by atoms with E-state index in [9.17, 15) is 5.11 Å². The van der Waals surface area contributed by atoms with E-state index in [-0.39, 0.29) is 6.10 Å². The largest absolute Gasteiger partial charge is 0.392 e. The topological polar surface area (TPSA) is 44.0 Å². The first-order valence-electron chi connectivity index (χ1n) is 8.51. The number of allylic oxidation sites excluding steroid dienone is 1.